The second-order valence-corrected chi connectivity index (χ2v) is 9.72. The number of carbonyl (C=O) groups is 2. The average Bonchev–Trinajstić information content (AvgIpc) is 3.33. The minimum atomic E-state index is -0.419. The molecule has 3 aliphatic rings. The maximum atomic E-state index is 13.3. The van der Waals surface area contributed by atoms with E-state index >= 15 is 0 Å². The first-order valence-corrected chi connectivity index (χ1v) is 11.5. The van der Waals surface area contributed by atoms with Crippen LogP contribution in [0.3, 0.4) is 0 Å². The van der Waals surface area contributed by atoms with E-state index in [-0.39, 0.29) is 23.7 Å². The van der Waals surface area contributed by atoms with Crippen molar-refractivity contribution in [3.63, 3.8) is 0 Å². The zero-order valence-electron chi connectivity index (χ0n) is 18.2. The summed E-state index contributed by atoms with van der Waals surface area (Å²) in [6.45, 7) is 6.10. The molecule has 1 atom stereocenters. The fourth-order valence-corrected chi connectivity index (χ4v) is 5.44. The Balaban J connectivity index is 1.50. The van der Waals surface area contributed by atoms with Gasteiger partial charge < -0.3 is 9.80 Å². The van der Waals surface area contributed by atoms with Gasteiger partial charge in [0.1, 0.15) is 5.82 Å². The van der Waals surface area contributed by atoms with Gasteiger partial charge in [0.15, 0.2) is 0 Å². The summed E-state index contributed by atoms with van der Waals surface area (Å²) < 4.78 is 13.3. The lowest BCUT2D eigenvalue weighted by molar-refractivity contribution is -0.140. The molecule has 0 aromatic heterocycles. The van der Waals surface area contributed by atoms with Crippen molar-refractivity contribution < 1.29 is 14.0 Å². The van der Waals surface area contributed by atoms with Crippen LogP contribution in [0.2, 0.25) is 0 Å². The van der Waals surface area contributed by atoms with Crippen LogP contribution in [0.25, 0.3) is 0 Å². The van der Waals surface area contributed by atoms with Crippen molar-refractivity contribution in [2.45, 2.75) is 77.0 Å². The van der Waals surface area contributed by atoms with Gasteiger partial charge in [0.25, 0.3) is 0 Å². The molecule has 164 valence electrons. The molecular weight excluding hydrogens is 381 g/mol. The van der Waals surface area contributed by atoms with Crippen molar-refractivity contribution in [3.8, 4) is 0 Å². The predicted octanol–water partition coefficient (Wildman–Crippen LogP) is 3.68. The molecule has 0 radical (unpaired) electrons. The number of rotatable bonds is 5. The molecule has 6 heteroatoms. The first kappa shape index (κ1) is 21.3. The van der Waals surface area contributed by atoms with Gasteiger partial charge in [0.05, 0.1) is 11.7 Å². The highest BCUT2D eigenvalue weighted by Crippen LogP contribution is 2.36. The van der Waals surface area contributed by atoms with Crippen LogP contribution in [0.1, 0.15) is 64.4 Å². The van der Waals surface area contributed by atoms with E-state index in [1.54, 1.807) is 12.1 Å². The number of amides is 2. The van der Waals surface area contributed by atoms with E-state index in [1.807, 2.05) is 9.80 Å². The van der Waals surface area contributed by atoms with Crippen LogP contribution in [0, 0.1) is 17.7 Å². The zero-order chi connectivity index (χ0) is 21.3. The molecule has 1 aliphatic carbocycles. The van der Waals surface area contributed by atoms with Crippen LogP contribution >= 0.6 is 0 Å². The smallest absolute Gasteiger partial charge is 0.241 e. The Hall–Kier alpha value is -1.95. The number of piperidine rings is 1. The molecule has 5 nitrogen and oxygen atoms in total. The number of benzene rings is 1. The SMILES string of the molecule is CC(C)C[C@@H]1NC2(CCN(C(=O)C3CCCC3)CC2)N(Cc2ccc(F)cc2)C1=O. The van der Waals surface area contributed by atoms with Crippen molar-refractivity contribution in [2.24, 2.45) is 11.8 Å². The van der Waals surface area contributed by atoms with E-state index < -0.39 is 5.66 Å². The van der Waals surface area contributed by atoms with Gasteiger partial charge in [-0.2, -0.15) is 0 Å². The fourth-order valence-electron chi connectivity index (χ4n) is 5.44. The van der Waals surface area contributed by atoms with Gasteiger partial charge >= 0.3 is 0 Å². The van der Waals surface area contributed by atoms with Crippen molar-refractivity contribution in [2.75, 3.05) is 13.1 Å². The Bertz CT molecular complexity index is 765. The van der Waals surface area contributed by atoms with E-state index in [1.165, 1.54) is 12.1 Å². The first-order chi connectivity index (χ1) is 14.4. The summed E-state index contributed by atoms with van der Waals surface area (Å²) >= 11 is 0. The molecule has 30 heavy (non-hydrogen) atoms. The van der Waals surface area contributed by atoms with Crippen LogP contribution in [0.15, 0.2) is 24.3 Å². The molecule has 4 rings (SSSR count). The quantitative estimate of drug-likeness (QED) is 0.798. The molecule has 1 aromatic rings. The number of hydrogen-bond acceptors (Lipinski definition) is 3. The van der Waals surface area contributed by atoms with Gasteiger partial charge in [-0.05, 0) is 42.9 Å². The van der Waals surface area contributed by atoms with Crippen LogP contribution in [0.4, 0.5) is 4.39 Å². The van der Waals surface area contributed by atoms with E-state index in [2.05, 4.69) is 19.2 Å². The molecule has 1 N–H and O–H groups in total. The minimum Gasteiger partial charge on any atom is -0.342 e. The van der Waals surface area contributed by atoms with Gasteiger partial charge in [-0.15, -0.1) is 0 Å². The summed E-state index contributed by atoms with van der Waals surface area (Å²) in [6, 6.07) is 6.22. The monoisotopic (exact) mass is 415 g/mol. The number of halogens is 1. The van der Waals surface area contributed by atoms with E-state index in [4.69, 9.17) is 0 Å². The van der Waals surface area contributed by atoms with Gasteiger partial charge in [0.2, 0.25) is 11.8 Å². The standard InChI is InChI=1S/C24H34FN3O2/c1-17(2)15-21-23(30)28(16-18-7-9-20(25)10-8-18)24(26-21)11-13-27(14-12-24)22(29)19-5-3-4-6-19/h7-10,17,19,21,26H,3-6,11-16H2,1-2H3/t21-/m0/s1. The Morgan fingerprint density at radius 2 is 1.80 bits per heavy atom. The second-order valence-electron chi connectivity index (χ2n) is 9.72. The maximum Gasteiger partial charge on any atom is 0.241 e. The topological polar surface area (TPSA) is 52.7 Å². The molecule has 3 fully saturated rings. The van der Waals surface area contributed by atoms with Crippen molar-refractivity contribution in [1.29, 1.82) is 0 Å². The summed E-state index contributed by atoms with van der Waals surface area (Å²) in [4.78, 5) is 30.2. The Morgan fingerprint density at radius 1 is 1.17 bits per heavy atom. The molecule has 1 saturated carbocycles. The van der Waals surface area contributed by atoms with Crippen LogP contribution in [-0.2, 0) is 16.1 Å². The van der Waals surface area contributed by atoms with Gasteiger partial charge in [0, 0.05) is 38.4 Å². The third kappa shape index (κ3) is 4.25. The number of likely N-dealkylation sites (tertiary alicyclic amines) is 1. The van der Waals surface area contributed by atoms with Crippen molar-refractivity contribution >= 4 is 11.8 Å². The van der Waals surface area contributed by atoms with Gasteiger partial charge in [-0.3, -0.25) is 14.9 Å². The van der Waals surface area contributed by atoms with Crippen molar-refractivity contribution in [1.82, 2.24) is 15.1 Å². The average molecular weight is 416 g/mol. The van der Waals surface area contributed by atoms with Gasteiger partial charge in [-0.25, -0.2) is 4.39 Å². The molecule has 0 unspecified atom stereocenters. The van der Waals surface area contributed by atoms with Crippen molar-refractivity contribution in [3.05, 3.63) is 35.6 Å². The molecular formula is C24H34FN3O2. The van der Waals surface area contributed by atoms with E-state index in [0.29, 0.717) is 31.5 Å². The number of carbonyl (C=O) groups excluding carboxylic acids is 2. The molecule has 1 spiro atoms. The first-order valence-electron chi connectivity index (χ1n) is 11.5. The van der Waals surface area contributed by atoms with E-state index in [9.17, 15) is 14.0 Å². The summed E-state index contributed by atoms with van der Waals surface area (Å²) in [5, 5.41) is 3.66. The lowest BCUT2D eigenvalue weighted by Gasteiger charge is -2.45. The highest BCUT2D eigenvalue weighted by Gasteiger charge is 2.51. The number of nitrogens with zero attached hydrogens (tertiary/aromatic N) is 2. The number of hydrogen-bond donors (Lipinski definition) is 1. The maximum absolute atomic E-state index is 13.3. The number of nitrogens with one attached hydrogen (secondary N) is 1. The largest absolute Gasteiger partial charge is 0.342 e. The predicted molar refractivity (Wildman–Crippen MR) is 114 cm³/mol. The van der Waals surface area contributed by atoms with E-state index in [0.717, 1.165) is 50.5 Å². The Morgan fingerprint density at radius 3 is 2.40 bits per heavy atom. The third-order valence-corrected chi connectivity index (χ3v) is 7.09. The summed E-state index contributed by atoms with van der Waals surface area (Å²) in [6.07, 6.45) is 6.64. The Kier molecular flexibility index (Phi) is 6.14. The molecule has 0 bridgehead atoms. The second kappa shape index (κ2) is 8.66. The molecule has 2 amide bonds. The summed E-state index contributed by atoms with van der Waals surface area (Å²) in [5.74, 6) is 0.773. The Labute approximate surface area is 179 Å². The molecule has 2 heterocycles. The molecule has 1 aromatic carbocycles. The van der Waals surface area contributed by atoms with Gasteiger partial charge in [-0.1, -0.05) is 38.8 Å². The highest BCUT2D eigenvalue weighted by molar-refractivity contribution is 5.85. The lowest BCUT2D eigenvalue weighted by Crippen LogP contribution is -2.59. The minimum absolute atomic E-state index is 0.128. The molecule has 2 aliphatic heterocycles. The lowest BCUT2D eigenvalue weighted by atomic mass is 9.93. The van der Waals surface area contributed by atoms with Crippen LogP contribution in [-0.4, -0.2) is 46.4 Å². The van der Waals surface area contributed by atoms with Crippen LogP contribution < -0.4 is 5.32 Å². The highest BCUT2D eigenvalue weighted by atomic mass is 19.1. The normalized spacial score (nSPS) is 24.4. The molecule has 2 saturated heterocycles. The third-order valence-electron chi connectivity index (χ3n) is 7.09. The fraction of sp³-hybridized carbons (Fsp3) is 0.667. The van der Waals surface area contributed by atoms with Crippen LogP contribution in [0.5, 0.6) is 0 Å². The zero-order valence-corrected chi connectivity index (χ0v) is 18.2. The summed E-state index contributed by atoms with van der Waals surface area (Å²) in [7, 11) is 0. The summed E-state index contributed by atoms with van der Waals surface area (Å²) in [5.41, 5.74) is 0.512.